The number of ether oxygens (including phenoxy) is 2. The second-order valence-corrected chi connectivity index (χ2v) is 11.1. The van der Waals surface area contributed by atoms with Gasteiger partial charge in [0.1, 0.15) is 6.61 Å². The fourth-order valence-electron chi connectivity index (χ4n) is 6.49. The Balaban J connectivity index is 1.30. The van der Waals surface area contributed by atoms with Crippen LogP contribution in [0, 0.1) is 11.8 Å². The fraction of sp³-hybridized carbons (Fsp3) is 0.520. The summed E-state index contributed by atoms with van der Waals surface area (Å²) in [5, 5.41) is 15.5. The summed E-state index contributed by atoms with van der Waals surface area (Å²) in [4.78, 5) is 0. The molecule has 4 fully saturated rings. The first-order valence-electron chi connectivity index (χ1n) is 11.1. The van der Waals surface area contributed by atoms with Gasteiger partial charge in [-0.15, -0.1) is 0 Å². The zero-order chi connectivity index (χ0) is 21.6. The Hall–Kier alpha value is -1.27. The lowest BCUT2D eigenvalue weighted by atomic mass is 9.51. The first kappa shape index (κ1) is 21.6. The summed E-state index contributed by atoms with van der Waals surface area (Å²) in [6.45, 7) is 1.12. The van der Waals surface area contributed by atoms with Crippen molar-refractivity contribution >= 4 is 27.5 Å². The van der Waals surface area contributed by atoms with Crippen LogP contribution in [0.3, 0.4) is 0 Å². The molecule has 6 heteroatoms. The molecule has 2 aromatic rings. The topological polar surface area (TPSA) is 50.7 Å². The first-order chi connectivity index (χ1) is 14.9. The number of methoxy groups -OCH3 is 1. The summed E-state index contributed by atoms with van der Waals surface area (Å²) < 4.78 is 12.6. The summed E-state index contributed by atoms with van der Waals surface area (Å²) in [6.07, 6.45) is 6.52. The van der Waals surface area contributed by atoms with Crippen molar-refractivity contribution in [1.82, 2.24) is 5.32 Å². The quantitative estimate of drug-likeness (QED) is 0.494. The molecule has 4 aliphatic rings. The van der Waals surface area contributed by atoms with Gasteiger partial charge in [0, 0.05) is 22.7 Å². The molecule has 4 aliphatic carbocycles. The number of hydrogen-bond donors (Lipinski definition) is 2. The van der Waals surface area contributed by atoms with Crippen molar-refractivity contribution in [1.29, 1.82) is 0 Å². The zero-order valence-electron chi connectivity index (χ0n) is 17.8. The summed E-state index contributed by atoms with van der Waals surface area (Å²) in [7, 11) is 1.66. The van der Waals surface area contributed by atoms with Crippen LogP contribution in [-0.4, -0.2) is 23.4 Å². The fourth-order valence-corrected chi connectivity index (χ4v) is 7.29. The molecule has 6 rings (SSSR count). The highest BCUT2D eigenvalue weighted by molar-refractivity contribution is 9.10. The minimum atomic E-state index is -0.453. The molecular formula is C25H29BrClNO3. The molecule has 0 spiro atoms. The maximum atomic E-state index is 11.0. The predicted octanol–water partition coefficient (Wildman–Crippen LogP) is 5.86. The Morgan fingerprint density at radius 2 is 1.90 bits per heavy atom. The number of rotatable bonds is 7. The normalized spacial score (nSPS) is 31.1. The summed E-state index contributed by atoms with van der Waals surface area (Å²) in [5.41, 5.74) is 1.68. The highest BCUT2D eigenvalue weighted by Crippen LogP contribution is 2.57. The molecule has 0 saturated heterocycles. The molecule has 2 atom stereocenters. The third-order valence-corrected chi connectivity index (χ3v) is 8.27. The second-order valence-electron chi connectivity index (χ2n) is 9.81. The zero-order valence-corrected chi connectivity index (χ0v) is 20.1. The standard InChI is InChI=1S/C25H29BrClNO3/c1-30-22-8-16(7-20(26)23(22)31-14-19-4-2-3-5-21(19)27)13-28-24-9-17-6-18(10-24)12-25(29,11-17)15-24/h2-5,7-8,17-18,28-29H,6,9-15H2,1H3. The molecule has 0 aromatic heterocycles. The van der Waals surface area contributed by atoms with Gasteiger partial charge in [0.2, 0.25) is 0 Å². The lowest BCUT2D eigenvalue weighted by Crippen LogP contribution is -2.64. The molecule has 0 radical (unpaired) electrons. The van der Waals surface area contributed by atoms with E-state index in [4.69, 9.17) is 21.1 Å². The Labute approximate surface area is 197 Å². The van der Waals surface area contributed by atoms with Gasteiger partial charge in [0.25, 0.3) is 0 Å². The van der Waals surface area contributed by atoms with E-state index in [9.17, 15) is 5.11 Å². The Bertz CT molecular complexity index is 967. The van der Waals surface area contributed by atoms with Crippen LogP contribution in [0.25, 0.3) is 0 Å². The molecule has 0 heterocycles. The minimum Gasteiger partial charge on any atom is -0.493 e. The van der Waals surface area contributed by atoms with E-state index in [0.29, 0.717) is 35.0 Å². The van der Waals surface area contributed by atoms with Gasteiger partial charge in [0.15, 0.2) is 11.5 Å². The molecule has 2 N–H and O–H groups in total. The Kier molecular flexibility index (Phi) is 5.74. The van der Waals surface area contributed by atoms with E-state index in [1.807, 2.05) is 30.3 Å². The van der Waals surface area contributed by atoms with Gasteiger partial charge in [-0.05, 0) is 90.1 Å². The van der Waals surface area contributed by atoms with Crippen LogP contribution in [0.1, 0.15) is 49.7 Å². The molecule has 31 heavy (non-hydrogen) atoms. The number of hydrogen-bond acceptors (Lipinski definition) is 4. The van der Waals surface area contributed by atoms with Crippen LogP contribution in [0.2, 0.25) is 5.02 Å². The largest absolute Gasteiger partial charge is 0.493 e. The van der Waals surface area contributed by atoms with E-state index >= 15 is 0 Å². The molecule has 166 valence electrons. The summed E-state index contributed by atoms with van der Waals surface area (Å²) in [5.74, 6) is 2.71. The molecule has 2 unspecified atom stereocenters. The average Bonchev–Trinajstić information content (AvgIpc) is 2.70. The van der Waals surface area contributed by atoms with Crippen molar-refractivity contribution in [3.63, 3.8) is 0 Å². The average molecular weight is 507 g/mol. The van der Waals surface area contributed by atoms with E-state index in [-0.39, 0.29) is 5.54 Å². The minimum absolute atomic E-state index is 0.0672. The highest BCUT2D eigenvalue weighted by atomic mass is 79.9. The van der Waals surface area contributed by atoms with E-state index in [1.165, 1.54) is 19.3 Å². The first-order valence-corrected chi connectivity index (χ1v) is 12.2. The van der Waals surface area contributed by atoms with Gasteiger partial charge in [-0.3, -0.25) is 0 Å². The lowest BCUT2D eigenvalue weighted by Gasteiger charge is -2.60. The maximum Gasteiger partial charge on any atom is 0.175 e. The van der Waals surface area contributed by atoms with Gasteiger partial charge in [-0.1, -0.05) is 29.8 Å². The van der Waals surface area contributed by atoms with Crippen molar-refractivity contribution in [2.45, 2.75) is 62.8 Å². The van der Waals surface area contributed by atoms with Gasteiger partial charge in [-0.25, -0.2) is 0 Å². The van der Waals surface area contributed by atoms with Gasteiger partial charge >= 0.3 is 0 Å². The number of nitrogens with one attached hydrogen (secondary N) is 1. The SMILES string of the molecule is COc1cc(CNC23CC4CC(CC(O)(C4)C2)C3)cc(Br)c1OCc1ccccc1Cl. The molecule has 4 nitrogen and oxygen atoms in total. The van der Waals surface area contributed by atoms with Crippen molar-refractivity contribution in [2.24, 2.45) is 11.8 Å². The van der Waals surface area contributed by atoms with Crippen molar-refractivity contribution in [3.8, 4) is 11.5 Å². The van der Waals surface area contributed by atoms with Gasteiger partial charge in [0.05, 0.1) is 17.2 Å². The van der Waals surface area contributed by atoms with Gasteiger partial charge in [-0.2, -0.15) is 0 Å². The van der Waals surface area contributed by atoms with E-state index < -0.39 is 5.60 Å². The summed E-state index contributed by atoms with van der Waals surface area (Å²) in [6, 6.07) is 11.8. The van der Waals surface area contributed by atoms with Crippen molar-refractivity contribution in [3.05, 3.63) is 57.0 Å². The molecular weight excluding hydrogens is 478 g/mol. The van der Waals surface area contributed by atoms with Crippen LogP contribution >= 0.6 is 27.5 Å². The second kappa shape index (κ2) is 8.26. The van der Waals surface area contributed by atoms with Crippen LogP contribution in [0.4, 0.5) is 0 Å². The van der Waals surface area contributed by atoms with E-state index in [2.05, 4.69) is 27.3 Å². The van der Waals surface area contributed by atoms with E-state index in [1.54, 1.807) is 7.11 Å². The number of benzene rings is 2. The van der Waals surface area contributed by atoms with Crippen LogP contribution < -0.4 is 14.8 Å². The van der Waals surface area contributed by atoms with Gasteiger partial charge < -0.3 is 19.9 Å². The van der Waals surface area contributed by atoms with Crippen LogP contribution in [-0.2, 0) is 13.2 Å². The van der Waals surface area contributed by atoms with Crippen molar-refractivity contribution < 1.29 is 14.6 Å². The maximum absolute atomic E-state index is 11.0. The summed E-state index contributed by atoms with van der Waals surface area (Å²) >= 11 is 9.93. The lowest BCUT2D eigenvalue weighted by molar-refractivity contribution is -0.142. The highest BCUT2D eigenvalue weighted by Gasteiger charge is 2.56. The molecule has 4 bridgehead atoms. The molecule has 2 aromatic carbocycles. The smallest absolute Gasteiger partial charge is 0.175 e. The third kappa shape index (κ3) is 4.35. The molecule has 0 amide bonds. The van der Waals surface area contributed by atoms with Crippen LogP contribution in [0.5, 0.6) is 11.5 Å². The van der Waals surface area contributed by atoms with Crippen molar-refractivity contribution in [2.75, 3.05) is 7.11 Å². The monoisotopic (exact) mass is 505 g/mol. The Morgan fingerprint density at radius 3 is 2.58 bits per heavy atom. The molecule has 0 aliphatic heterocycles. The number of aliphatic hydroxyl groups is 1. The van der Waals surface area contributed by atoms with Crippen LogP contribution in [0.15, 0.2) is 40.9 Å². The predicted molar refractivity (Wildman–Crippen MR) is 126 cm³/mol. The Morgan fingerprint density at radius 1 is 1.16 bits per heavy atom. The molecule has 4 saturated carbocycles. The van der Waals surface area contributed by atoms with E-state index in [0.717, 1.165) is 41.4 Å². The number of halogens is 2. The third-order valence-electron chi connectivity index (χ3n) is 7.32.